The predicted molar refractivity (Wildman–Crippen MR) is 160 cm³/mol. The van der Waals surface area contributed by atoms with Crippen LogP contribution in [-0.2, 0) is 23.8 Å². The van der Waals surface area contributed by atoms with Crippen molar-refractivity contribution >= 4 is 17.9 Å². The number of carbonyl (C=O) groups is 3. The lowest BCUT2D eigenvalue weighted by molar-refractivity contribution is -0.192. The van der Waals surface area contributed by atoms with E-state index in [1.807, 2.05) is 20.8 Å². The number of carbonyl (C=O) groups excluding carboxylic acids is 3. The van der Waals surface area contributed by atoms with Gasteiger partial charge in [0.1, 0.15) is 30.0 Å². The monoisotopic (exact) mass is 604 g/mol. The van der Waals surface area contributed by atoms with Gasteiger partial charge in [-0.15, -0.1) is 0 Å². The molecule has 4 rings (SSSR count). The van der Waals surface area contributed by atoms with E-state index in [0.29, 0.717) is 18.4 Å². The molecule has 4 aliphatic rings. The first-order valence-corrected chi connectivity index (χ1v) is 16.2. The van der Waals surface area contributed by atoms with Gasteiger partial charge in [-0.2, -0.15) is 0 Å². The van der Waals surface area contributed by atoms with Gasteiger partial charge in [-0.25, -0.2) is 4.79 Å². The Morgan fingerprint density at radius 3 is 2.21 bits per heavy atom. The van der Waals surface area contributed by atoms with Crippen molar-refractivity contribution in [1.29, 1.82) is 0 Å². The van der Waals surface area contributed by atoms with Gasteiger partial charge in [-0.05, 0) is 36.8 Å². The van der Waals surface area contributed by atoms with Gasteiger partial charge in [-0.3, -0.25) is 9.59 Å². The van der Waals surface area contributed by atoms with Crippen LogP contribution in [0.2, 0.25) is 0 Å². The van der Waals surface area contributed by atoms with Crippen LogP contribution in [-0.4, -0.2) is 70.4 Å². The molecular weight excluding hydrogens is 552 g/mol. The smallest absolute Gasteiger partial charge is 0.458 e. The second kappa shape index (κ2) is 12.6. The van der Waals surface area contributed by atoms with Gasteiger partial charge >= 0.3 is 12.1 Å². The lowest BCUT2D eigenvalue weighted by Gasteiger charge is -2.48. The Labute approximate surface area is 256 Å². The lowest BCUT2D eigenvalue weighted by Crippen LogP contribution is -2.65. The number of hydrogen-bond acceptors (Lipinski definition) is 9. The van der Waals surface area contributed by atoms with Gasteiger partial charge < -0.3 is 29.5 Å². The number of aliphatic hydroxyl groups excluding tert-OH is 2. The van der Waals surface area contributed by atoms with Crippen LogP contribution in [0.15, 0.2) is 23.3 Å². The van der Waals surface area contributed by atoms with Crippen LogP contribution < -0.4 is 0 Å². The van der Waals surface area contributed by atoms with E-state index in [0.717, 1.165) is 26.4 Å². The summed E-state index contributed by atoms with van der Waals surface area (Å²) in [4.78, 5) is 39.7. The maximum Gasteiger partial charge on any atom is 0.508 e. The molecule has 9 nitrogen and oxygen atoms in total. The van der Waals surface area contributed by atoms with E-state index in [1.54, 1.807) is 19.1 Å². The van der Waals surface area contributed by atoms with Crippen molar-refractivity contribution in [2.45, 2.75) is 129 Å². The van der Waals surface area contributed by atoms with Crippen LogP contribution in [0.3, 0.4) is 0 Å². The summed E-state index contributed by atoms with van der Waals surface area (Å²) in [5, 5.41) is 35.1. The van der Waals surface area contributed by atoms with Gasteiger partial charge in [0.25, 0.3) is 0 Å². The zero-order valence-electron chi connectivity index (χ0n) is 26.8. The van der Waals surface area contributed by atoms with Crippen LogP contribution >= 0.6 is 0 Å². The van der Waals surface area contributed by atoms with E-state index in [2.05, 4.69) is 11.7 Å². The molecule has 2 fully saturated rings. The molecule has 0 heterocycles. The Morgan fingerprint density at radius 2 is 1.60 bits per heavy atom. The van der Waals surface area contributed by atoms with Gasteiger partial charge in [0.2, 0.25) is 0 Å². The van der Waals surface area contributed by atoms with Crippen molar-refractivity contribution in [2.24, 2.45) is 28.6 Å². The second-order valence-corrected chi connectivity index (χ2v) is 14.0. The maximum absolute atomic E-state index is 14.6. The summed E-state index contributed by atoms with van der Waals surface area (Å²) < 4.78 is 16.1. The molecule has 1 spiro atoms. The van der Waals surface area contributed by atoms with E-state index in [1.165, 1.54) is 38.5 Å². The Bertz CT molecular complexity index is 1140. The molecule has 0 aromatic heterocycles. The van der Waals surface area contributed by atoms with Crippen LogP contribution in [0.25, 0.3) is 0 Å². The summed E-state index contributed by atoms with van der Waals surface area (Å²) in [6.07, 6.45) is 9.81. The Balaban J connectivity index is 1.58. The standard InChI is InChI=1S/C34H52O9/c1-7-8-9-10-11-12-13-14-15-16-25(35)43-33-19-22(3)32-18-21(2)27(36)34(32,40)28(37)23(20-42-30(39)41-6)17-24(29(32)38)26(33)31(33,4)5/h17-18,22,24,26-28,36-37,40H,7-16,19-20H2,1-6H3/t22?,24-,26+,27-,28+,32-,33-,34+/m0/s1. The summed E-state index contributed by atoms with van der Waals surface area (Å²) in [7, 11) is 1.16. The van der Waals surface area contributed by atoms with Gasteiger partial charge in [0, 0.05) is 23.7 Å². The summed E-state index contributed by atoms with van der Waals surface area (Å²) in [6.45, 7) is 9.18. The van der Waals surface area contributed by atoms with Crippen LogP contribution in [0.4, 0.5) is 4.79 Å². The van der Waals surface area contributed by atoms with Crippen molar-refractivity contribution in [3.05, 3.63) is 23.3 Å². The number of ether oxygens (including phenoxy) is 3. The van der Waals surface area contributed by atoms with E-state index in [9.17, 15) is 29.7 Å². The van der Waals surface area contributed by atoms with Crippen LogP contribution in [0, 0.1) is 28.6 Å². The lowest BCUT2D eigenvalue weighted by atomic mass is 9.59. The zero-order valence-corrected chi connectivity index (χ0v) is 26.8. The molecule has 2 saturated carbocycles. The number of ketones is 1. The third kappa shape index (κ3) is 5.37. The molecule has 43 heavy (non-hydrogen) atoms. The molecule has 8 atom stereocenters. The molecule has 9 heteroatoms. The number of fused-ring (bicyclic) bond motifs is 3. The number of aliphatic hydroxyl groups is 3. The molecule has 0 aromatic carbocycles. The van der Waals surface area contributed by atoms with E-state index >= 15 is 0 Å². The number of allylic oxidation sites excluding steroid dienone is 1. The number of unbranched alkanes of at least 4 members (excludes halogenated alkanes) is 8. The third-order valence-corrected chi connectivity index (χ3v) is 11.2. The summed E-state index contributed by atoms with van der Waals surface area (Å²) in [6, 6.07) is 0. The Kier molecular flexibility index (Phi) is 9.89. The van der Waals surface area contributed by atoms with E-state index in [-0.39, 0.29) is 17.3 Å². The van der Waals surface area contributed by atoms with Crippen molar-refractivity contribution in [3.8, 4) is 0 Å². The first kappa shape index (κ1) is 33.7. The molecule has 4 aliphatic carbocycles. The van der Waals surface area contributed by atoms with Crippen LogP contribution in [0.5, 0.6) is 0 Å². The largest absolute Gasteiger partial charge is 0.508 e. The van der Waals surface area contributed by atoms with Gasteiger partial charge in [-0.1, -0.05) is 91.2 Å². The number of rotatable bonds is 13. The molecule has 0 saturated heterocycles. The molecule has 2 bridgehead atoms. The molecule has 242 valence electrons. The Hall–Kier alpha value is -2.23. The predicted octanol–water partition coefficient (Wildman–Crippen LogP) is 5.19. The molecule has 0 aromatic rings. The van der Waals surface area contributed by atoms with E-state index < -0.39 is 64.8 Å². The molecule has 0 aliphatic heterocycles. The summed E-state index contributed by atoms with van der Waals surface area (Å²) in [5.74, 6) is -2.49. The van der Waals surface area contributed by atoms with Crippen molar-refractivity contribution in [3.63, 3.8) is 0 Å². The number of methoxy groups -OCH3 is 1. The fourth-order valence-electron chi connectivity index (χ4n) is 8.75. The highest BCUT2D eigenvalue weighted by molar-refractivity contribution is 5.95. The topological polar surface area (TPSA) is 140 Å². The molecule has 1 unspecified atom stereocenters. The third-order valence-electron chi connectivity index (χ3n) is 11.2. The molecule has 3 N–H and O–H groups in total. The minimum Gasteiger partial charge on any atom is -0.458 e. The minimum atomic E-state index is -2.30. The maximum atomic E-state index is 14.6. The first-order valence-electron chi connectivity index (χ1n) is 16.2. The average Bonchev–Trinajstić information content (AvgIpc) is 3.38. The minimum absolute atomic E-state index is 0.0991. The Morgan fingerprint density at radius 1 is 1.00 bits per heavy atom. The number of Topliss-reactive ketones (excluding diaryl/α,β-unsaturated/α-hetero) is 1. The highest BCUT2D eigenvalue weighted by Crippen LogP contribution is 2.75. The SMILES string of the molecule is CCCCCCCCCCCC(=O)O[C@@]12CC(C)[C@]34C=C(C)[C@H](O)[C@@]3(O)[C@H](O)C(COC(=O)OC)=C[C@H](C4=O)[C@@H]1C2(C)C. The number of hydrogen-bond donors (Lipinski definition) is 3. The molecule has 0 amide bonds. The van der Waals surface area contributed by atoms with Gasteiger partial charge in [0.05, 0.1) is 12.5 Å². The van der Waals surface area contributed by atoms with E-state index in [4.69, 9.17) is 9.47 Å². The number of esters is 1. The van der Waals surface area contributed by atoms with Crippen LogP contribution in [0.1, 0.15) is 105 Å². The second-order valence-electron chi connectivity index (χ2n) is 14.0. The summed E-state index contributed by atoms with van der Waals surface area (Å²) >= 11 is 0. The summed E-state index contributed by atoms with van der Waals surface area (Å²) in [5.41, 5.74) is -4.98. The average molecular weight is 605 g/mol. The fourth-order valence-corrected chi connectivity index (χ4v) is 8.75. The quantitative estimate of drug-likeness (QED) is 0.147. The highest BCUT2D eigenvalue weighted by atomic mass is 16.7. The van der Waals surface area contributed by atoms with Crippen molar-refractivity contribution in [2.75, 3.05) is 13.7 Å². The normalized spacial score (nSPS) is 37.2. The van der Waals surface area contributed by atoms with Gasteiger partial charge in [0.15, 0.2) is 5.78 Å². The van der Waals surface area contributed by atoms with Crippen molar-refractivity contribution < 1.29 is 43.9 Å². The van der Waals surface area contributed by atoms with Crippen molar-refractivity contribution in [1.82, 2.24) is 0 Å². The first-order chi connectivity index (χ1) is 20.3. The highest BCUT2D eigenvalue weighted by Gasteiger charge is 2.83. The molecular formula is C34H52O9. The zero-order chi connectivity index (χ0) is 31.8. The molecule has 0 radical (unpaired) electrons. The fraction of sp³-hybridized carbons (Fsp3) is 0.794.